The van der Waals surface area contributed by atoms with Gasteiger partial charge in [-0.1, -0.05) is 0 Å². The van der Waals surface area contributed by atoms with E-state index in [0.717, 1.165) is 25.6 Å². The molecule has 0 aromatic carbocycles. The Morgan fingerprint density at radius 2 is 2.42 bits per heavy atom. The second kappa shape index (κ2) is 2.33. The number of hydrogen-bond donors (Lipinski definition) is 1. The lowest BCUT2D eigenvalue weighted by Gasteiger charge is -2.14. The Kier molecular flexibility index (Phi) is 1.29. The summed E-state index contributed by atoms with van der Waals surface area (Å²) in [6.07, 6.45) is 5.83. The standard InChI is InChI=1S/C9H13N3/c1-2-7(1)12-6-11-8-3-4-10-5-9(8)12/h6-7,10H,1-5H2. The van der Waals surface area contributed by atoms with Crippen molar-refractivity contribution in [2.75, 3.05) is 6.54 Å². The molecule has 2 heterocycles. The van der Waals surface area contributed by atoms with Gasteiger partial charge >= 0.3 is 0 Å². The normalized spacial score (nSPS) is 22.3. The van der Waals surface area contributed by atoms with E-state index in [1.807, 2.05) is 6.33 Å². The highest BCUT2D eigenvalue weighted by molar-refractivity contribution is 5.18. The molecule has 12 heavy (non-hydrogen) atoms. The zero-order chi connectivity index (χ0) is 7.97. The van der Waals surface area contributed by atoms with Gasteiger partial charge in [-0.25, -0.2) is 4.98 Å². The van der Waals surface area contributed by atoms with E-state index in [1.54, 1.807) is 0 Å². The minimum atomic E-state index is 0.779. The molecule has 3 heteroatoms. The highest BCUT2D eigenvalue weighted by atomic mass is 15.1. The Morgan fingerprint density at radius 1 is 1.50 bits per heavy atom. The molecule has 3 nitrogen and oxygen atoms in total. The lowest BCUT2D eigenvalue weighted by atomic mass is 10.2. The van der Waals surface area contributed by atoms with Crippen molar-refractivity contribution in [1.29, 1.82) is 0 Å². The summed E-state index contributed by atoms with van der Waals surface area (Å²) >= 11 is 0. The number of hydrogen-bond acceptors (Lipinski definition) is 2. The average molecular weight is 163 g/mol. The quantitative estimate of drug-likeness (QED) is 0.665. The van der Waals surface area contributed by atoms with E-state index < -0.39 is 0 Å². The van der Waals surface area contributed by atoms with Gasteiger partial charge in [-0.2, -0.15) is 0 Å². The fourth-order valence-electron chi connectivity index (χ4n) is 1.91. The number of aromatic nitrogens is 2. The van der Waals surface area contributed by atoms with Gasteiger partial charge in [0.25, 0.3) is 0 Å². The lowest BCUT2D eigenvalue weighted by molar-refractivity contribution is 0.584. The van der Waals surface area contributed by atoms with Gasteiger partial charge in [-0.05, 0) is 12.8 Å². The lowest BCUT2D eigenvalue weighted by Crippen LogP contribution is -2.25. The van der Waals surface area contributed by atoms with Gasteiger partial charge in [-0.15, -0.1) is 0 Å². The van der Waals surface area contributed by atoms with Crippen molar-refractivity contribution in [3.8, 4) is 0 Å². The summed E-state index contributed by atoms with van der Waals surface area (Å²) < 4.78 is 2.36. The molecule has 0 atom stereocenters. The summed E-state index contributed by atoms with van der Waals surface area (Å²) in [5.41, 5.74) is 2.75. The molecule has 2 aliphatic rings. The van der Waals surface area contributed by atoms with Crippen molar-refractivity contribution < 1.29 is 0 Å². The van der Waals surface area contributed by atoms with Crippen LogP contribution in [0.5, 0.6) is 0 Å². The molecule has 0 amide bonds. The Hall–Kier alpha value is -0.830. The van der Waals surface area contributed by atoms with Crippen molar-refractivity contribution >= 4 is 0 Å². The van der Waals surface area contributed by atoms with Crippen molar-refractivity contribution in [3.05, 3.63) is 17.7 Å². The third-order valence-corrected chi connectivity index (χ3v) is 2.75. The van der Waals surface area contributed by atoms with Crippen LogP contribution in [0.15, 0.2) is 6.33 Å². The molecular formula is C9H13N3. The van der Waals surface area contributed by atoms with E-state index in [0.29, 0.717) is 0 Å². The summed E-state index contributed by atoms with van der Waals surface area (Å²) in [6, 6.07) is 0.779. The first-order valence-corrected chi connectivity index (χ1v) is 4.70. The van der Waals surface area contributed by atoms with Gasteiger partial charge < -0.3 is 9.88 Å². The van der Waals surface area contributed by atoms with E-state index >= 15 is 0 Å². The van der Waals surface area contributed by atoms with Crippen LogP contribution in [0, 0.1) is 0 Å². The first kappa shape index (κ1) is 6.66. The van der Waals surface area contributed by atoms with Crippen LogP contribution in [0.1, 0.15) is 30.3 Å². The minimum absolute atomic E-state index is 0.779. The smallest absolute Gasteiger partial charge is 0.0954 e. The Labute approximate surface area is 71.8 Å². The number of imidazole rings is 1. The Balaban J connectivity index is 2.03. The van der Waals surface area contributed by atoms with Gasteiger partial charge in [-0.3, -0.25) is 0 Å². The highest BCUT2D eigenvalue weighted by Gasteiger charge is 2.27. The van der Waals surface area contributed by atoms with E-state index in [9.17, 15) is 0 Å². The molecule has 1 aromatic heterocycles. The molecule has 1 aliphatic heterocycles. The third kappa shape index (κ3) is 0.894. The van der Waals surface area contributed by atoms with Gasteiger partial charge in [0.15, 0.2) is 0 Å². The summed E-state index contributed by atoms with van der Waals surface area (Å²) in [6.45, 7) is 2.11. The molecule has 1 saturated carbocycles. The van der Waals surface area contributed by atoms with Gasteiger partial charge in [0, 0.05) is 25.6 Å². The number of nitrogens with zero attached hydrogens (tertiary/aromatic N) is 2. The highest BCUT2D eigenvalue weighted by Crippen LogP contribution is 2.36. The van der Waals surface area contributed by atoms with Crippen molar-refractivity contribution in [3.63, 3.8) is 0 Å². The van der Waals surface area contributed by atoms with Crippen LogP contribution >= 0.6 is 0 Å². The summed E-state index contributed by atoms with van der Waals surface area (Å²) in [5.74, 6) is 0. The second-order valence-corrected chi connectivity index (χ2v) is 3.70. The average Bonchev–Trinajstić information content (AvgIpc) is 2.86. The molecule has 0 unspecified atom stereocenters. The molecule has 0 bridgehead atoms. The van der Waals surface area contributed by atoms with Crippen LogP contribution in [0.25, 0.3) is 0 Å². The molecule has 1 fully saturated rings. The first-order valence-electron chi connectivity index (χ1n) is 4.70. The van der Waals surface area contributed by atoms with E-state index in [1.165, 1.54) is 24.2 Å². The van der Waals surface area contributed by atoms with Crippen molar-refractivity contribution in [2.45, 2.75) is 31.8 Å². The first-order chi connectivity index (χ1) is 5.95. The zero-order valence-corrected chi connectivity index (χ0v) is 7.08. The molecule has 0 radical (unpaired) electrons. The van der Waals surface area contributed by atoms with E-state index in [-0.39, 0.29) is 0 Å². The van der Waals surface area contributed by atoms with Crippen LogP contribution < -0.4 is 5.32 Å². The third-order valence-electron chi connectivity index (χ3n) is 2.75. The van der Waals surface area contributed by atoms with E-state index in [2.05, 4.69) is 14.9 Å². The fraction of sp³-hybridized carbons (Fsp3) is 0.667. The SMILES string of the molecule is c1nc2c(n1C1CC1)CNCC2. The zero-order valence-electron chi connectivity index (χ0n) is 7.08. The van der Waals surface area contributed by atoms with Gasteiger partial charge in [0.1, 0.15) is 0 Å². The Bertz CT molecular complexity index is 299. The predicted molar refractivity (Wildman–Crippen MR) is 45.9 cm³/mol. The summed E-state index contributed by atoms with van der Waals surface area (Å²) in [5, 5.41) is 3.39. The van der Waals surface area contributed by atoms with Gasteiger partial charge in [0.2, 0.25) is 0 Å². The molecule has 64 valence electrons. The van der Waals surface area contributed by atoms with Crippen molar-refractivity contribution in [2.24, 2.45) is 0 Å². The summed E-state index contributed by atoms with van der Waals surface area (Å²) in [7, 11) is 0. The minimum Gasteiger partial charge on any atom is -0.330 e. The molecule has 1 N–H and O–H groups in total. The number of fused-ring (bicyclic) bond motifs is 1. The van der Waals surface area contributed by atoms with Crippen molar-refractivity contribution in [1.82, 2.24) is 14.9 Å². The van der Waals surface area contributed by atoms with Crippen LogP contribution in [0.4, 0.5) is 0 Å². The topological polar surface area (TPSA) is 29.9 Å². The maximum absolute atomic E-state index is 4.44. The molecular weight excluding hydrogens is 150 g/mol. The monoisotopic (exact) mass is 163 g/mol. The molecule has 0 spiro atoms. The molecule has 1 aliphatic carbocycles. The predicted octanol–water partition coefficient (Wildman–Crippen LogP) is 0.864. The van der Waals surface area contributed by atoms with Gasteiger partial charge in [0.05, 0.1) is 17.7 Å². The van der Waals surface area contributed by atoms with Crippen LogP contribution in [-0.4, -0.2) is 16.1 Å². The van der Waals surface area contributed by atoms with Crippen LogP contribution in [0.3, 0.4) is 0 Å². The molecule has 0 saturated heterocycles. The maximum Gasteiger partial charge on any atom is 0.0954 e. The largest absolute Gasteiger partial charge is 0.330 e. The molecule has 1 aromatic rings. The maximum atomic E-state index is 4.44. The second-order valence-electron chi connectivity index (χ2n) is 3.70. The summed E-state index contributed by atoms with van der Waals surface area (Å²) in [4.78, 5) is 4.44. The van der Waals surface area contributed by atoms with E-state index in [4.69, 9.17) is 0 Å². The Morgan fingerprint density at radius 3 is 3.25 bits per heavy atom. The van der Waals surface area contributed by atoms with Crippen LogP contribution in [0.2, 0.25) is 0 Å². The molecule has 3 rings (SSSR count). The fourth-order valence-corrected chi connectivity index (χ4v) is 1.91. The van der Waals surface area contributed by atoms with Crippen LogP contribution in [-0.2, 0) is 13.0 Å². The number of rotatable bonds is 1. The number of nitrogens with one attached hydrogen (secondary N) is 1.